The minimum absolute atomic E-state index is 0.260. The van der Waals surface area contributed by atoms with Crippen molar-refractivity contribution in [3.8, 4) is 5.82 Å². The van der Waals surface area contributed by atoms with Crippen molar-refractivity contribution in [3.05, 3.63) is 78.5 Å². The van der Waals surface area contributed by atoms with Gasteiger partial charge in [-0.3, -0.25) is 9.36 Å². The number of carbonyl (C=O) groups is 1. The summed E-state index contributed by atoms with van der Waals surface area (Å²) in [7, 11) is 0. The third-order valence-electron chi connectivity index (χ3n) is 4.03. The number of rotatable bonds is 3. The van der Waals surface area contributed by atoms with Crippen molar-refractivity contribution in [1.82, 2.24) is 19.7 Å². The zero-order chi connectivity index (χ0) is 17.2. The number of imidazole rings is 1. The number of hydrogen-bond donors (Lipinski definition) is 1. The van der Waals surface area contributed by atoms with Gasteiger partial charge in [-0.1, -0.05) is 36.4 Å². The van der Waals surface area contributed by atoms with E-state index in [9.17, 15) is 4.79 Å². The van der Waals surface area contributed by atoms with E-state index in [0.717, 1.165) is 22.0 Å². The normalized spacial score (nSPS) is 10.8. The van der Waals surface area contributed by atoms with E-state index in [2.05, 4.69) is 20.5 Å². The molecule has 0 fully saturated rings. The molecule has 6 heteroatoms. The summed E-state index contributed by atoms with van der Waals surface area (Å²) in [4.78, 5) is 16.5. The van der Waals surface area contributed by atoms with E-state index in [1.54, 1.807) is 35.4 Å². The number of amides is 1. The fourth-order valence-corrected chi connectivity index (χ4v) is 2.70. The molecule has 0 saturated heterocycles. The molecule has 2 heterocycles. The van der Waals surface area contributed by atoms with Gasteiger partial charge in [0.15, 0.2) is 11.5 Å². The van der Waals surface area contributed by atoms with Gasteiger partial charge < -0.3 is 5.32 Å². The topological polar surface area (TPSA) is 72.7 Å². The highest BCUT2D eigenvalue weighted by molar-refractivity contribution is 6.09. The molecular formula is C19H15N5O. The molecule has 0 aliphatic heterocycles. The number of anilines is 1. The zero-order valence-electron chi connectivity index (χ0n) is 13.5. The molecule has 122 valence electrons. The van der Waals surface area contributed by atoms with Crippen LogP contribution in [0.1, 0.15) is 16.1 Å². The molecule has 0 bridgehead atoms. The molecule has 2 aromatic heterocycles. The first-order valence-electron chi connectivity index (χ1n) is 7.84. The standard InChI is InChI=1S/C19H15N5O/c1-13-6-7-14-4-2-3-5-15(14)18(13)21-19(25)16-8-9-17(23-22-16)24-11-10-20-12-24/h2-12H,1H3,(H,21,25). The molecule has 0 unspecified atom stereocenters. The van der Waals surface area contributed by atoms with Gasteiger partial charge in [0.25, 0.3) is 5.91 Å². The molecule has 25 heavy (non-hydrogen) atoms. The van der Waals surface area contributed by atoms with Crippen LogP contribution in [0.3, 0.4) is 0 Å². The number of aromatic nitrogens is 4. The van der Waals surface area contributed by atoms with Crippen LogP contribution in [0.5, 0.6) is 0 Å². The number of carbonyl (C=O) groups excluding carboxylic acids is 1. The second-order valence-electron chi connectivity index (χ2n) is 5.68. The molecule has 0 atom stereocenters. The largest absolute Gasteiger partial charge is 0.320 e. The van der Waals surface area contributed by atoms with Crippen molar-refractivity contribution in [1.29, 1.82) is 0 Å². The molecule has 4 rings (SSSR count). The second-order valence-corrected chi connectivity index (χ2v) is 5.68. The van der Waals surface area contributed by atoms with Gasteiger partial charge in [-0.25, -0.2) is 4.98 Å². The van der Waals surface area contributed by atoms with Crippen LogP contribution in [0, 0.1) is 6.92 Å². The van der Waals surface area contributed by atoms with Gasteiger partial charge in [0.1, 0.15) is 6.33 Å². The summed E-state index contributed by atoms with van der Waals surface area (Å²) < 4.78 is 1.73. The Hall–Kier alpha value is -3.54. The minimum Gasteiger partial charge on any atom is -0.320 e. The van der Waals surface area contributed by atoms with Crippen molar-refractivity contribution in [2.75, 3.05) is 5.32 Å². The van der Waals surface area contributed by atoms with Crippen LogP contribution >= 0.6 is 0 Å². The Morgan fingerprint density at radius 3 is 2.68 bits per heavy atom. The summed E-state index contributed by atoms with van der Waals surface area (Å²) >= 11 is 0. The summed E-state index contributed by atoms with van der Waals surface area (Å²) in [5.41, 5.74) is 2.05. The van der Waals surface area contributed by atoms with Crippen molar-refractivity contribution >= 4 is 22.4 Å². The lowest BCUT2D eigenvalue weighted by atomic mass is 10.0. The maximum atomic E-state index is 12.6. The minimum atomic E-state index is -0.288. The van der Waals surface area contributed by atoms with Crippen LogP contribution in [-0.2, 0) is 0 Å². The van der Waals surface area contributed by atoms with Crippen LogP contribution in [0.25, 0.3) is 16.6 Å². The number of nitrogens with zero attached hydrogens (tertiary/aromatic N) is 4. The Morgan fingerprint density at radius 1 is 1.04 bits per heavy atom. The van der Waals surface area contributed by atoms with E-state index < -0.39 is 0 Å². The highest BCUT2D eigenvalue weighted by atomic mass is 16.1. The molecule has 6 nitrogen and oxygen atoms in total. The van der Waals surface area contributed by atoms with E-state index in [1.807, 2.05) is 43.3 Å². The summed E-state index contributed by atoms with van der Waals surface area (Å²) in [5.74, 6) is 0.319. The predicted molar refractivity (Wildman–Crippen MR) is 95.8 cm³/mol. The van der Waals surface area contributed by atoms with Gasteiger partial charge >= 0.3 is 0 Å². The Kier molecular flexibility index (Phi) is 3.70. The number of aryl methyl sites for hydroxylation is 1. The van der Waals surface area contributed by atoms with Crippen LogP contribution in [0.15, 0.2) is 67.3 Å². The Bertz CT molecular complexity index is 1040. The van der Waals surface area contributed by atoms with Crippen molar-refractivity contribution in [3.63, 3.8) is 0 Å². The molecular weight excluding hydrogens is 314 g/mol. The fourth-order valence-electron chi connectivity index (χ4n) is 2.70. The van der Waals surface area contributed by atoms with Gasteiger partial charge in [-0.15, -0.1) is 10.2 Å². The van der Waals surface area contributed by atoms with E-state index in [1.165, 1.54) is 0 Å². The summed E-state index contributed by atoms with van der Waals surface area (Å²) in [6.45, 7) is 1.97. The molecule has 1 amide bonds. The first-order valence-corrected chi connectivity index (χ1v) is 7.84. The van der Waals surface area contributed by atoms with Gasteiger partial charge in [0.05, 0.1) is 5.69 Å². The number of hydrogen-bond acceptors (Lipinski definition) is 4. The first kappa shape index (κ1) is 15.0. The van der Waals surface area contributed by atoms with Gasteiger partial charge in [0.2, 0.25) is 0 Å². The fraction of sp³-hybridized carbons (Fsp3) is 0.0526. The van der Waals surface area contributed by atoms with Crippen LogP contribution < -0.4 is 5.32 Å². The van der Waals surface area contributed by atoms with Crippen LogP contribution in [0.4, 0.5) is 5.69 Å². The quantitative estimate of drug-likeness (QED) is 0.625. The molecule has 0 radical (unpaired) electrons. The average molecular weight is 329 g/mol. The monoisotopic (exact) mass is 329 g/mol. The SMILES string of the molecule is Cc1ccc2ccccc2c1NC(=O)c1ccc(-n2ccnc2)nn1. The molecule has 0 aliphatic rings. The maximum absolute atomic E-state index is 12.6. The average Bonchev–Trinajstić information content (AvgIpc) is 3.19. The summed E-state index contributed by atoms with van der Waals surface area (Å²) in [6, 6.07) is 15.4. The lowest BCUT2D eigenvalue weighted by molar-refractivity contribution is 0.102. The molecule has 0 aliphatic carbocycles. The molecule has 2 aromatic carbocycles. The summed E-state index contributed by atoms with van der Waals surface area (Å²) in [5, 5.41) is 13.1. The lowest BCUT2D eigenvalue weighted by Gasteiger charge is -2.11. The Balaban J connectivity index is 1.63. The van der Waals surface area contributed by atoms with Gasteiger partial charge in [0, 0.05) is 17.8 Å². The number of fused-ring (bicyclic) bond motifs is 1. The molecule has 0 saturated carbocycles. The van der Waals surface area contributed by atoms with E-state index in [4.69, 9.17) is 0 Å². The van der Waals surface area contributed by atoms with Gasteiger partial charge in [-0.05, 0) is 30.0 Å². The van der Waals surface area contributed by atoms with Gasteiger partial charge in [-0.2, -0.15) is 0 Å². The molecule has 1 N–H and O–H groups in total. The maximum Gasteiger partial charge on any atom is 0.276 e. The highest BCUT2D eigenvalue weighted by Crippen LogP contribution is 2.27. The smallest absolute Gasteiger partial charge is 0.276 e. The van der Waals surface area contributed by atoms with Crippen molar-refractivity contribution < 1.29 is 4.79 Å². The second kappa shape index (κ2) is 6.16. The van der Waals surface area contributed by atoms with Crippen molar-refractivity contribution in [2.24, 2.45) is 0 Å². The highest BCUT2D eigenvalue weighted by Gasteiger charge is 2.12. The van der Waals surface area contributed by atoms with Crippen LogP contribution in [0.2, 0.25) is 0 Å². The summed E-state index contributed by atoms with van der Waals surface area (Å²) in [6.07, 6.45) is 5.05. The number of nitrogens with one attached hydrogen (secondary N) is 1. The van der Waals surface area contributed by atoms with E-state index >= 15 is 0 Å². The molecule has 0 spiro atoms. The first-order chi connectivity index (χ1) is 12.2. The zero-order valence-corrected chi connectivity index (χ0v) is 13.5. The Morgan fingerprint density at radius 2 is 1.92 bits per heavy atom. The van der Waals surface area contributed by atoms with Crippen molar-refractivity contribution in [2.45, 2.75) is 6.92 Å². The van der Waals surface area contributed by atoms with Crippen LogP contribution in [-0.4, -0.2) is 25.7 Å². The lowest BCUT2D eigenvalue weighted by Crippen LogP contribution is -2.16. The van der Waals surface area contributed by atoms with E-state index in [-0.39, 0.29) is 11.6 Å². The molecule has 4 aromatic rings. The third kappa shape index (κ3) is 2.85. The van der Waals surface area contributed by atoms with E-state index in [0.29, 0.717) is 5.82 Å². The Labute approximate surface area is 144 Å². The third-order valence-corrected chi connectivity index (χ3v) is 4.03. The number of benzene rings is 2. The predicted octanol–water partition coefficient (Wildman–Crippen LogP) is 3.38.